The molecular weight excluding hydrogens is 250 g/mol. The minimum Gasteiger partial charge on any atom is -0.474 e. The maximum Gasteiger partial charge on any atom is 0.213 e. The molecule has 0 aliphatic heterocycles. The van der Waals surface area contributed by atoms with Gasteiger partial charge in [0.15, 0.2) is 0 Å². The van der Waals surface area contributed by atoms with Crippen molar-refractivity contribution < 1.29 is 4.74 Å². The van der Waals surface area contributed by atoms with E-state index >= 15 is 0 Å². The van der Waals surface area contributed by atoms with Crippen molar-refractivity contribution in [3.63, 3.8) is 0 Å². The molecular formula is C16H25N3O. The number of aliphatic imine (C=N–C) groups is 1. The summed E-state index contributed by atoms with van der Waals surface area (Å²) >= 11 is 0. The summed E-state index contributed by atoms with van der Waals surface area (Å²) in [6, 6.07) is 4.21. The molecule has 20 heavy (non-hydrogen) atoms. The Hall–Kier alpha value is -1.84. The lowest BCUT2D eigenvalue weighted by molar-refractivity contribution is 0.216. The maximum absolute atomic E-state index is 5.71. The number of aromatic nitrogens is 1. The summed E-state index contributed by atoms with van der Waals surface area (Å²) in [5.74, 6) is 0.632. The molecule has 110 valence electrons. The smallest absolute Gasteiger partial charge is 0.213 e. The number of hydrogen-bond donors (Lipinski definition) is 0. The van der Waals surface area contributed by atoms with Crippen molar-refractivity contribution in [1.82, 2.24) is 9.88 Å². The number of ether oxygens (including phenoxy) is 1. The second-order valence-electron chi connectivity index (χ2n) is 5.21. The third-order valence-electron chi connectivity index (χ3n) is 3.05. The summed E-state index contributed by atoms with van der Waals surface area (Å²) in [4.78, 5) is 10.9. The number of nitrogens with zero attached hydrogens (tertiary/aromatic N) is 3. The fourth-order valence-corrected chi connectivity index (χ4v) is 1.51. The van der Waals surface area contributed by atoms with Crippen LogP contribution in [-0.4, -0.2) is 35.4 Å². The average Bonchev–Trinajstić information content (AvgIpc) is 2.37. The molecule has 1 aromatic heterocycles. The van der Waals surface area contributed by atoms with E-state index in [0.717, 1.165) is 17.8 Å². The summed E-state index contributed by atoms with van der Waals surface area (Å²) < 4.78 is 5.71. The van der Waals surface area contributed by atoms with E-state index in [-0.39, 0.29) is 6.10 Å². The lowest BCUT2D eigenvalue weighted by Crippen LogP contribution is -2.24. The first kappa shape index (κ1) is 16.2. The highest BCUT2D eigenvalue weighted by Gasteiger charge is 2.06. The van der Waals surface area contributed by atoms with E-state index in [1.165, 1.54) is 0 Å². The molecule has 4 heteroatoms. The maximum atomic E-state index is 5.71. The first-order valence-electron chi connectivity index (χ1n) is 6.95. The Bertz CT molecular complexity index is 469. The van der Waals surface area contributed by atoms with Gasteiger partial charge in [0.1, 0.15) is 6.10 Å². The van der Waals surface area contributed by atoms with Gasteiger partial charge in [-0.05, 0) is 33.8 Å². The zero-order valence-corrected chi connectivity index (χ0v) is 13.1. The first-order chi connectivity index (χ1) is 9.43. The van der Waals surface area contributed by atoms with Crippen LogP contribution in [0.1, 0.15) is 32.9 Å². The average molecular weight is 275 g/mol. The third-order valence-corrected chi connectivity index (χ3v) is 3.05. The normalized spacial score (nSPS) is 12.7. The van der Waals surface area contributed by atoms with Gasteiger partial charge in [-0.1, -0.05) is 6.08 Å². The molecule has 0 amide bonds. The van der Waals surface area contributed by atoms with E-state index in [1.807, 2.05) is 45.4 Å². The van der Waals surface area contributed by atoms with Crippen LogP contribution in [0, 0.1) is 6.92 Å². The van der Waals surface area contributed by atoms with Crippen LogP contribution in [0.15, 0.2) is 29.8 Å². The van der Waals surface area contributed by atoms with Crippen LogP contribution in [0.25, 0.3) is 0 Å². The molecule has 0 saturated heterocycles. The summed E-state index contributed by atoms with van der Waals surface area (Å²) in [6.45, 7) is 11.9. The molecule has 0 aliphatic rings. The van der Waals surface area contributed by atoms with Crippen molar-refractivity contribution in [1.29, 1.82) is 0 Å². The van der Waals surface area contributed by atoms with Crippen LogP contribution < -0.4 is 4.74 Å². The number of hydrogen-bond acceptors (Lipinski definition) is 3. The predicted octanol–water partition coefficient (Wildman–Crippen LogP) is 3.73. The van der Waals surface area contributed by atoms with Crippen LogP contribution in [0.2, 0.25) is 0 Å². The minimum atomic E-state index is 0.0841. The van der Waals surface area contributed by atoms with E-state index in [1.54, 1.807) is 0 Å². The molecule has 0 aliphatic carbocycles. The van der Waals surface area contributed by atoms with Gasteiger partial charge in [0.05, 0.1) is 17.7 Å². The van der Waals surface area contributed by atoms with E-state index in [2.05, 4.69) is 35.3 Å². The molecule has 0 aromatic carbocycles. The van der Waals surface area contributed by atoms with Crippen LogP contribution in [0.5, 0.6) is 5.88 Å². The number of rotatable bonds is 7. The quantitative estimate of drug-likeness (QED) is 0.432. The van der Waals surface area contributed by atoms with Crippen LogP contribution in [-0.2, 0) is 0 Å². The van der Waals surface area contributed by atoms with E-state index in [4.69, 9.17) is 4.74 Å². The fraction of sp³-hybridized carbons (Fsp3) is 0.500. The summed E-state index contributed by atoms with van der Waals surface area (Å²) in [6.07, 6.45) is 4.56. The highest BCUT2D eigenvalue weighted by molar-refractivity contribution is 5.62. The van der Waals surface area contributed by atoms with Crippen LogP contribution in [0.4, 0.5) is 5.69 Å². The zero-order chi connectivity index (χ0) is 15.1. The largest absolute Gasteiger partial charge is 0.474 e. The number of pyridine rings is 1. The Morgan fingerprint density at radius 3 is 2.65 bits per heavy atom. The molecule has 1 heterocycles. The monoisotopic (exact) mass is 275 g/mol. The summed E-state index contributed by atoms with van der Waals surface area (Å²) in [5.41, 5.74) is 1.72. The van der Waals surface area contributed by atoms with Gasteiger partial charge in [-0.2, -0.15) is 0 Å². The molecule has 1 unspecified atom stereocenters. The van der Waals surface area contributed by atoms with Crippen molar-refractivity contribution in [2.24, 2.45) is 4.99 Å². The molecule has 4 nitrogen and oxygen atoms in total. The minimum absolute atomic E-state index is 0.0841. The van der Waals surface area contributed by atoms with Crippen LogP contribution in [0.3, 0.4) is 0 Å². The zero-order valence-electron chi connectivity index (χ0n) is 13.1. The SMILES string of the molecule is C=CCC(C)Oc1ccc(/N=C/N(C)C(C)C)c(C)n1. The molecule has 1 aromatic rings. The van der Waals surface area contributed by atoms with Gasteiger partial charge in [-0.25, -0.2) is 9.98 Å². The predicted molar refractivity (Wildman–Crippen MR) is 84.9 cm³/mol. The third kappa shape index (κ3) is 5.03. The van der Waals surface area contributed by atoms with Gasteiger partial charge < -0.3 is 9.64 Å². The molecule has 0 saturated carbocycles. The number of aryl methyl sites for hydroxylation is 1. The standard InChI is InChI=1S/C16H25N3O/c1-7-8-13(4)20-16-10-9-15(14(5)18-16)17-11-19(6)12(2)3/h7,9-13H,1,8H2,2-6H3/b17-11+. The Balaban J connectivity index is 2.75. The van der Waals surface area contributed by atoms with Gasteiger partial charge in [-0.3, -0.25) is 0 Å². The molecule has 1 atom stereocenters. The second kappa shape index (κ2) is 7.68. The molecule has 0 fully saturated rings. The highest BCUT2D eigenvalue weighted by Crippen LogP contribution is 2.21. The topological polar surface area (TPSA) is 37.7 Å². The second-order valence-corrected chi connectivity index (χ2v) is 5.21. The highest BCUT2D eigenvalue weighted by atomic mass is 16.5. The van der Waals surface area contributed by atoms with Gasteiger partial charge in [0.2, 0.25) is 5.88 Å². The Morgan fingerprint density at radius 1 is 1.40 bits per heavy atom. The molecule has 1 rings (SSSR count). The lowest BCUT2D eigenvalue weighted by atomic mass is 10.3. The van der Waals surface area contributed by atoms with Gasteiger partial charge in [0, 0.05) is 25.6 Å². The van der Waals surface area contributed by atoms with E-state index < -0.39 is 0 Å². The van der Waals surface area contributed by atoms with E-state index in [9.17, 15) is 0 Å². The van der Waals surface area contributed by atoms with Crippen molar-refractivity contribution in [2.45, 2.75) is 46.3 Å². The van der Waals surface area contributed by atoms with Crippen molar-refractivity contribution in [3.8, 4) is 5.88 Å². The molecule has 0 radical (unpaired) electrons. The van der Waals surface area contributed by atoms with Crippen LogP contribution >= 0.6 is 0 Å². The summed E-state index contributed by atoms with van der Waals surface area (Å²) in [7, 11) is 2.01. The van der Waals surface area contributed by atoms with Gasteiger partial charge in [-0.15, -0.1) is 6.58 Å². The molecule has 0 spiro atoms. The molecule has 0 bridgehead atoms. The van der Waals surface area contributed by atoms with Gasteiger partial charge >= 0.3 is 0 Å². The van der Waals surface area contributed by atoms with E-state index in [0.29, 0.717) is 11.9 Å². The Morgan fingerprint density at radius 2 is 2.10 bits per heavy atom. The Kier molecular flexibility index (Phi) is 6.22. The van der Waals surface area contributed by atoms with Crippen molar-refractivity contribution in [3.05, 3.63) is 30.5 Å². The first-order valence-corrected chi connectivity index (χ1v) is 6.95. The van der Waals surface area contributed by atoms with Gasteiger partial charge in [0.25, 0.3) is 0 Å². The van der Waals surface area contributed by atoms with Crippen molar-refractivity contribution in [2.75, 3.05) is 7.05 Å². The molecule has 0 N–H and O–H groups in total. The fourth-order valence-electron chi connectivity index (χ4n) is 1.51. The van der Waals surface area contributed by atoms with Crippen molar-refractivity contribution >= 4 is 12.0 Å². The lowest BCUT2D eigenvalue weighted by Gasteiger charge is -2.17. The Labute approximate surface area is 122 Å². The summed E-state index contributed by atoms with van der Waals surface area (Å²) in [5, 5.41) is 0.